The zero-order chi connectivity index (χ0) is 16.9. The summed E-state index contributed by atoms with van der Waals surface area (Å²) in [5.74, 6) is -0.400. The fourth-order valence-electron chi connectivity index (χ4n) is 2.43. The van der Waals surface area contributed by atoms with Crippen LogP contribution >= 0.6 is 11.3 Å². The molecule has 3 rings (SSSR count). The maximum atomic E-state index is 12.5. The number of H-pyrrole nitrogens is 1. The number of nitrogens with one attached hydrogen (secondary N) is 2. The summed E-state index contributed by atoms with van der Waals surface area (Å²) in [6.07, 6.45) is 2.33. The molecule has 0 saturated heterocycles. The van der Waals surface area contributed by atoms with Gasteiger partial charge in [0.1, 0.15) is 5.56 Å². The molecule has 2 N–H and O–H groups in total. The maximum absolute atomic E-state index is 12.5. The Hall–Kier alpha value is -2.73. The first kappa shape index (κ1) is 16.1. The first-order chi connectivity index (χ1) is 11.6. The molecule has 24 heavy (non-hydrogen) atoms. The number of hydrogen-bond donors (Lipinski definition) is 2. The van der Waals surface area contributed by atoms with Gasteiger partial charge in [0, 0.05) is 23.2 Å². The monoisotopic (exact) mass is 339 g/mol. The van der Waals surface area contributed by atoms with E-state index in [1.54, 1.807) is 36.6 Å². The van der Waals surface area contributed by atoms with Gasteiger partial charge in [-0.2, -0.15) is 0 Å². The summed E-state index contributed by atoms with van der Waals surface area (Å²) in [4.78, 5) is 32.7. The van der Waals surface area contributed by atoms with Crippen molar-refractivity contribution >= 4 is 17.2 Å². The van der Waals surface area contributed by atoms with Crippen molar-refractivity contribution < 1.29 is 4.79 Å². The molecule has 1 atom stereocenters. The number of amides is 1. The van der Waals surface area contributed by atoms with E-state index in [1.807, 2.05) is 35.7 Å². The minimum atomic E-state index is -0.400. The van der Waals surface area contributed by atoms with Gasteiger partial charge in [-0.25, -0.2) is 0 Å². The number of carbonyl (C=O) groups is 1. The number of rotatable bonds is 5. The number of thiophene rings is 1. The van der Waals surface area contributed by atoms with Crippen LogP contribution in [-0.2, 0) is 6.42 Å². The molecule has 0 radical (unpaired) electrons. The third-order valence-electron chi connectivity index (χ3n) is 3.64. The Morgan fingerprint density at radius 2 is 2.12 bits per heavy atom. The molecule has 0 fully saturated rings. The van der Waals surface area contributed by atoms with Gasteiger partial charge in [-0.3, -0.25) is 14.6 Å². The molecule has 122 valence electrons. The van der Waals surface area contributed by atoms with Gasteiger partial charge >= 0.3 is 0 Å². The maximum Gasteiger partial charge on any atom is 0.260 e. The summed E-state index contributed by atoms with van der Waals surface area (Å²) < 4.78 is 0. The molecule has 3 aromatic rings. The molecule has 5 nitrogen and oxygen atoms in total. The minimum Gasteiger partial charge on any atom is -0.343 e. The summed E-state index contributed by atoms with van der Waals surface area (Å²) in [5, 5.41) is 4.93. The normalized spacial score (nSPS) is 11.9. The van der Waals surface area contributed by atoms with Crippen molar-refractivity contribution in [1.29, 1.82) is 0 Å². The average Bonchev–Trinajstić information content (AvgIpc) is 3.08. The largest absolute Gasteiger partial charge is 0.343 e. The molecule has 0 aromatic carbocycles. The zero-order valence-electron chi connectivity index (χ0n) is 13.2. The fraction of sp³-hybridized carbons (Fsp3) is 0.167. The highest BCUT2D eigenvalue weighted by Crippen LogP contribution is 2.20. The molecule has 0 spiro atoms. The van der Waals surface area contributed by atoms with Gasteiger partial charge < -0.3 is 10.3 Å². The number of aryl methyl sites for hydroxylation is 1. The second-order valence-corrected chi connectivity index (χ2v) is 6.48. The Morgan fingerprint density at radius 3 is 2.79 bits per heavy atom. The predicted octanol–water partition coefficient (Wildman–Crippen LogP) is 2.85. The van der Waals surface area contributed by atoms with E-state index in [-0.39, 0.29) is 17.2 Å². The van der Waals surface area contributed by atoms with Crippen LogP contribution in [0, 0.1) is 6.92 Å². The topological polar surface area (TPSA) is 74.8 Å². The van der Waals surface area contributed by atoms with E-state index in [0.29, 0.717) is 6.42 Å². The molecule has 0 unspecified atom stereocenters. The van der Waals surface area contributed by atoms with Gasteiger partial charge in [0.15, 0.2) is 0 Å². The first-order valence-electron chi connectivity index (χ1n) is 7.57. The number of nitrogens with zero attached hydrogens (tertiary/aromatic N) is 1. The lowest BCUT2D eigenvalue weighted by atomic mass is 10.1. The number of pyridine rings is 2. The van der Waals surface area contributed by atoms with E-state index < -0.39 is 5.91 Å². The van der Waals surface area contributed by atoms with E-state index >= 15 is 0 Å². The van der Waals surface area contributed by atoms with Crippen LogP contribution in [0.5, 0.6) is 0 Å². The zero-order valence-corrected chi connectivity index (χ0v) is 14.0. The number of hydrogen-bond acceptors (Lipinski definition) is 4. The molecule has 1 amide bonds. The quantitative estimate of drug-likeness (QED) is 0.750. The van der Waals surface area contributed by atoms with Gasteiger partial charge in [0.25, 0.3) is 11.5 Å². The van der Waals surface area contributed by atoms with Crippen molar-refractivity contribution in [3.63, 3.8) is 0 Å². The van der Waals surface area contributed by atoms with Crippen molar-refractivity contribution in [2.45, 2.75) is 19.4 Å². The van der Waals surface area contributed by atoms with Gasteiger partial charge in [-0.05, 0) is 42.6 Å². The third kappa shape index (κ3) is 3.78. The van der Waals surface area contributed by atoms with E-state index in [1.165, 1.54) is 0 Å². The van der Waals surface area contributed by atoms with E-state index in [9.17, 15) is 9.59 Å². The molecule has 6 heteroatoms. The Labute approximate surface area is 143 Å². The lowest BCUT2D eigenvalue weighted by Gasteiger charge is -2.17. The van der Waals surface area contributed by atoms with Crippen molar-refractivity contribution in [2.24, 2.45) is 0 Å². The fourth-order valence-corrected chi connectivity index (χ4v) is 3.18. The molecule has 0 aliphatic rings. The average molecular weight is 339 g/mol. The smallest absolute Gasteiger partial charge is 0.260 e. The molecular weight excluding hydrogens is 322 g/mol. The highest BCUT2D eigenvalue weighted by Gasteiger charge is 2.19. The second-order valence-electron chi connectivity index (χ2n) is 5.45. The molecule has 0 bridgehead atoms. The minimum absolute atomic E-state index is 0.104. The van der Waals surface area contributed by atoms with Gasteiger partial charge in [-0.15, -0.1) is 11.3 Å². The predicted molar refractivity (Wildman–Crippen MR) is 94.3 cm³/mol. The molecule has 3 heterocycles. The third-order valence-corrected chi connectivity index (χ3v) is 4.53. The molecule has 0 saturated carbocycles. The van der Waals surface area contributed by atoms with Crippen molar-refractivity contribution in [1.82, 2.24) is 15.3 Å². The van der Waals surface area contributed by atoms with E-state index in [0.717, 1.165) is 16.3 Å². The summed E-state index contributed by atoms with van der Waals surface area (Å²) in [6, 6.07) is 12.5. The van der Waals surface area contributed by atoms with Crippen LogP contribution in [0.4, 0.5) is 0 Å². The van der Waals surface area contributed by atoms with Crippen LogP contribution in [0.15, 0.2) is 58.8 Å². The van der Waals surface area contributed by atoms with Crippen LogP contribution in [0.25, 0.3) is 0 Å². The summed E-state index contributed by atoms with van der Waals surface area (Å²) in [5.41, 5.74) is 1.20. The van der Waals surface area contributed by atoms with E-state index in [4.69, 9.17) is 0 Å². The highest BCUT2D eigenvalue weighted by atomic mass is 32.1. The van der Waals surface area contributed by atoms with Crippen molar-refractivity contribution in [3.05, 3.63) is 86.2 Å². The lowest BCUT2D eigenvalue weighted by Crippen LogP contribution is -2.34. The van der Waals surface area contributed by atoms with Gasteiger partial charge in [-0.1, -0.05) is 12.1 Å². The van der Waals surface area contributed by atoms with Crippen LogP contribution in [0.2, 0.25) is 0 Å². The first-order valence-corrected chi connectivity index (χ1v) is 8.45. The van der Waals surface area contributed by atoms with Gasteiger partial charge in [0.05, 0.1) is 11.7 Å². The highest BCUT2D eigenvalue weighted by molar-refractivity contribution is 7.09. The van der Waals surface area contributed by atoms with Crippen molar-refractivity contribution in [3.8, 4) is 0 Å². The standard InChI is InChI=1S/C18H17N3O2S/c1-12-7-8-14(17(22)20-12)18(23)21-16(11-13-5-4-10-24-13)15-6-2-3-9-19-15/h2-10,16H,11H2,1H3,(H,20,22)(H,21,23)/t16-/m1/s1. The summed E-state index contributed by atoms with van der Waals surface area (Å²) >= 11 is 1.63. The summed E-state index contributed by atoms with van der Waals surface area (Å²) in [7, 11) is 0. The van der Waals surface area contributed by atoms with Crippen LogP contribution in [0.3, 0.4) is 0 Å². The van der Waals surface area contributed by atoms with Crippen molar-refractivity contribution in [2.75, 3.05) is 0 Å². The summed E-state index contributed by atoms with van der Waals surface area (Å²) in [6.45, 7) is 1.77. The van der Waals surface area contributed by atoms with Gasteiger partial charge in [0.2, 0.25) is 0 Å². The molecule has 0 aliphatic carbocycles. The Bertz CT molecular complexity index is 873. The van der Waals surface area contributed by atoms with Crippen LogP contribution in [-0.4, -0.2) is 15.9 Å². The van der Waals surface area contributed by atoms with Crippen LogP contribution in [0.1, 0.15) is 32.7 Å². The number of carbonyl (C=O) groups excluding carboxylic acids is 1. The Kier molecular flexibility index (Phi) is 4.86. The lowest BCUT2D eigenvalue weighted by molar-refractivity contribution is 0.0934. The Morgan fingerprint density at radius 1 is 1.25 bits per heavy atom. The van der Waals surface area contributed by atoms with Crippen LogP contribution < -0.4 is 10.9 Å². The number of aromatic amines is 1. The Balaban J connectivity index is 1.86. The number of aromatic nitrogens is 2. The molecule has 3 aromatic heterocycles. The molecule has 0 aliphatic heterocycles. The SMILES string of the molecule is Cc1ccc(C(=O)N[C@H](Cc2cccs2)c2ccccn2)c(=O)[nH]1. The second kappa shape index (κ2) is 7.23. The molecular formula is C18H17N3O2S. The van der Waals surface area contributed by atoms with E-state index in [2.05, 4.69) is 15.3 Å².